The van der Waals surface area contributed by atoms with Crippen molar-refractivity contribution in [3.8, 4) is 0 Å². The van der Waals surface area contributed by atoms with Gasteiger partial charge in [-0.15, -0.1) is 11.3 Å². The molecule has 0 bridgehead atoms. The number of hydrogen-bond donors (Lipinski definition) is 2. The molecule has 2 N–H and O–H groups in total. The first kappa shape index (κ1) is 16.5. The van der Waals surface area contributed by atoms with Gasteiger partial charge in [0.05, 0.1) is 0 Å². The number of unbranched alkanes of at least 4 members (excludes halogenated alkanes) is 1. The summed E-state index contributed by atoms with van der Waals surface area (Å²) in [5, 5.41) is 13.7. The van der Waals surface area contributed by atoms with E-state index >= 15 is 0 Å². The van der Waals surface area contributed by atoms with Crippen LogP contribution in [-0.2, 0) is 11.2 Å². The predicted molar refractivity (Wildman–Crippen MR) is 80.1 cm³/mol. The van der Waals surface area contributed by atoms with E-state index in [0.717, 1.165) is 19.3 Å². The number of urea groups is 1. The molecule has 1 unspecified atom stereocenters. The topological polar surface area (TPSA) is 69.6 Å². The molecule has 1 rings (SSSR count). The first-order valence-corrected chi connectivity index (χ1v) is 7.69. The van der Waals surface area contributed by atoms with E-state index in [0.29, 0.717) is 13.0 Å². The number of aliphatic carboxylic acids is 1. The Labute approximate surface area is 123 Å². The van der Waals surface area contributed by atoms with Crippen LogP contribution in [0.2, 0.25) is 0 Å². The molecule has 0 aliphatic rings. The second-order valence-corrected chi connectivity index (χ2v) is 5.77. The summed E-state index contributed by atoms with van der Waals surface area (Å²) in [5.74, 6) is -0.974. The van der Waals surface area contributed by atoms with Gasteiger partial charge in [0, 0.05) is 18.5 Å². The highest BCUT2D eigenvalue weighted by molar-refractivity contribution is 7.09. The highest BCUT2D eigenvalue weighted by Gasteiger charge is 2.20. The number of hydrogen-bond acceptors (Lipinski definition) is 3. The number of carboxylic acids is 1. The lowest BCUT2D eigenvalue weighted by atomic mass is 10.1. The molecule has 1 heterocycles. The summed E-state index contributed by atoms with van der Waals surface area (Å²) < 4.78 is 0. The normalized spacial score (nSPS) is 11.9. The highest BCUT2D eigenvalue weighted by atomic mass is 32.1. The maximum Gasteiger partial charge on any atom is 0.326 e. The van der Waals surface area contributed by atoms with E-state index < -0.39 is 12.0 Å². The summed E-state index contributed by atoms with van der Waals surface area (Å²) in [5.41, 5.74) is 0. The molecule has 0 spiro atoms. The van der Waals surface area contributed by atoms with Crippen molar-refractivity contribution >= 4 is 23.3 Å². The zero-order valence-electron chi connectivity index (χ0n) is 12.0. The number of nitrogens with one attached hydrogen (secondary N) is 1. The third-order valence-electron chi connectivity index (χ3n) is 3.06. The first-order valence-electron chi connectivity index (χ1n) is 6.81. The molecule has 5 nitrogen and oxygen atoms in total. The predicted octanol–water partition coefficient (Wildman–Crippen LogP) is 2.58. The molecular formula is C14H22N2O3S. The largest absolute Gasteiger partial charge is 0.480 e. The van der Waals surface area contributed by atoms with Crippen LogP contribution in [0.5, 0.6) is 0 Å². The molecular weight excluding hydrogens is 276 g/mol. The van der Waals surface area contributed by atoms with Crippen molar-refractivity contribution in [1.29, 1.82) is 0 Å². The van der Waals surface area contributed by atoms with Gasteiger partial charge < -0.3 is 15.3 Å². The second-order valence-electron chi connectivity index (χ2n) is 4.73. The maximum absolute atomic E-state index is 11.9. The Kier molecular flexibility index (Phi) is 7.08. The molecule has 0 saturated heterocycles. The first-order chi connectivity index (χ1) is 9.54. The van der Waals surface area contributed by atoms with Crippen molar-refractivity contribution in [2.45, 2.75) is 38.6 Å². The average Bonchev–Trinajstić information content (AvgIpc) is 2.93. The van der Waals surface area contributed by atoms with E-state index in [4.69, 9.17) is 5.11 Å². The molecule has 1 aromatic heterocycles. The minimum Gasteiger partial charge on any atom is -0.480 e. The van der Waals surface area contributed by atoms with E-state index in [9.17, 15) is 9.59 Å². The fourth-order valence-corrected chi connectivity index (χ4v) is 2.46. The third kappa shape index (κ3) is 5.61. The van der Waals surface area contributed by atoms with E-state index in [-0.39, 0.29) is 6.03 Å². The fourth-order valence-electron chi connectivity index (χ4n) is 1.76. The highest BCUT2D eigenvalue weighted by Crippen LogP contribution is 2.09. The summed E-state index contributed by atoms with van der Waals surface area (Å²) >= 11 is 1.65. The number of amides is 2. The number of rotatable bonds is 8. The van der Waals surface area contributed by atoms with Gasteiger partial charge in [-0.25, -0.2) is 9.59 Å². The Bertz CT molecular complexity index is 420. The molecule has 0 aliphatic carbocycles. The quantitative estimate of drug-likeness (QED) is 0.775. The zero-order chi connectivity index (χ0) is 15.0. The Morgan fingerprint density at radius 2 is 2.25 bits per heavy atom. The van der Waals surface area contributed by atoms with Crippen molar-refractivity contribution in [3.63, 3.8) is 0 Å². The maximum atomic E-state index is 11.9. The molecule has 6 heteroatoms. The monoisotopic (exact) mass is 298 g/mol. The Hall–Kier alpha value is -1.56. The molecule has 2 amide bonds. The summed E-state index contributed by atoms with van der Waals surface area (Å²) in [6, 6.07) is 2.87. The van der Waals surface area contributed by atoms with Gasteiger partial charge in [-0.3, -0.25) is 0 Å². The van der Waals surface area contributed by atoms with Crippen LogP contribution in [-0.4, -0.2) is 41.6 Å². The van der Waals surface area contributed by atoms with Gasteiger partial charge in [0.25, 0.3) is 0 Å². The summed E-state index contributed by atoms with van der Waals surface area (Å²) in [6.07, 6.45) is 2.95. The Morgan fingerprint density at radius 1 is 1.50 bits per heavy atom. The molecule has 0 aromatic carbocycles. The van der Waals surface area contributed by atoms with Gasteiger partial charge in [-0.2, -0.15) is 0 Å². The lowest BCUT2D eigenvalue weighted by Crippen LogP contribution is -2.47. The number of likely N-dealkylation sites (N-methyl/N-ethyl adjacent to an activating group) is 1. The lowest BCUT2D eigenvalue weighted by Gasteiger charge is -2.21. The summed E-state index contributed by atoms with van der Waals surface area (Å²) in [4.78, 5) is 25.8. The van der Waals surface area contributed by atoms with Gasteiger partial charge in [0.15, 0.2) is 0 Å². The fraction of sp³-hybridized carbons (Fsp3) is 0.571. The Balaban J connectivity index is 2.40. The van der Waals surface area contributed by atoms with E-state index in [1.54, 1.807) is 18.4 Å². The van der Waals surface area contributed by atoms with Crippen LogP contribution < -0.4 is 5.32 Å². The lowest BCUT2D eigenvalue weighted by molar-refractivity contribution is -0.139. The molecule has 1 aromatic rings. The number of thiophene rings is 1. The molecule has 20 heavy (non-hydrogen) atoms. The van der Waals surface area contributed by atoms with Crippen molar-refractivity contribution in [2.24, 2.45) is 0 Å². The number of nitrogens with zero attached hydrogens (tertiary/aromatic N) is 1. The smallest absolute Gasteiger partial charge is 0.326 e. The van der Waals surface area contributed by atoms with Crippen molar-refractivity contribution in [3.05, 3.63) is 22.4 Å². The number of carboxylic acid groups (broad SMARTS) is 1. The molecule has 112 valence electrons. The van der Waals surface area contributed by atoms with Crippen LogP contribution in [0.4, 0.5) is 4.79 Å². The van der Waals surface area contributed by atoms with Crippen molar-refractivity contribution in [1.82, 2.24) is 10.2 Å². The second kappa shape index (κ2) is 8.58. The minimum atomic E-state index is -0.974. The SMILES string of the molecule is CCCCC(NC(=O)N(C)CCc1cccs1)C(=O)O. The molecule has 0 radical (unpaired) electrons. The van der Waals surface area contributed by atoms with E-state index in [2.05, 4.69) is 5.32 Å². The van der Waals surface area contributed by atoms with Crippen LogP contribution in [0.15, 0.2) is 17.5 Å². The van der Waals surface area contributed by atoms with E-state index in [1.807, 2.05) is 24.4 Å². The average molecular weight is 298 g/mol. The van der Waals surface area contributed by atoms with Gasteiger partial charge >= 0.3 is 12.0 Å². The third-order valence-corrected chi connectivity index (χ3v) is 4.00. The van der Waals surface area contributed by atoms with E-state index in [1.165, 1.54) is 9.78 Å². The van der Waals surface area contributed by atoms with Crippen molar-refractivity contribution < 1.29 is 14.7 Å². The molecule has 1 atom stereocenters. The summed E-state index contributed by atoms with van der Waals surface area (Å²) in [6.45, 7) is 2.57. The van der Waals surface area contributed by atoms with Gasteiger partial charge in [0.1, 0.15) is 6.04 Å². The van der Waals surface area contributed by atoms with Crippen LogP contribution in [0.3, 0.4) is 0 Å². The van der Waals surface area contributed by atoms with Crippen LogP contribution in [0.25, 0.3) is 0 Å². The minimum absolute atomic E-state index is 0.329. The summed E-state index contributed by atoms with van der Waals surface area (Å²) in [7, 11) is 1.68. The van der Waals surface area contributed by atoms with Crippen LogP contribution in [0, 0.1) is 0 Å². The van der Waals surface area contributed by atoms with Crippen LogP contribution in [0.1, 0.15) is 31.1 Å². The van der Waals surface area contributed by atoms with Gasteiger partial charge in [-0.1, -0.05) is 25.8 Å². The molecule has 0 fully saturated rings. The number of carbonyl (C=O) groups is 2. The van der Waals surface area contributed by atoms with Gasteiger partial charge in [0.2, 0.25) is 0 Å². The van der Waals surface area contributed by atoms with Crippen molar-refractivity contribution in [2.75, 3.05) is 13.6 Å². The van der Waals surface area contributed by atoms with Crippen LogP contribution >= 0.6 is 11.3 Å². The molecule has 0 aliphatic heterocycles. The number of carbonyl (C=O) groups excluding carboxylic acids is 1. The standard InChI is InChI=1S/C14H22N2O3S/c1-3-4-7-12(13(17)18)15-14(19)16(2)9-8-11-6-5-10-20-11/h5-6,10,12H,3-4,7-9H2,1-2H3,(H,15,19)(H,17,18). The zero-order valence-corrected chi connectivity index (χ0v) is 12.8. The molecule has 0 saturated carbocycles. The Morgan fingerprint density at radius 3 is 2.80 bits per heavy atom. The van der Waals surface area contributed by atoms with Gasteiger partial charge in [-0.05, 0) is 24.3 Å².